The number of amides is 1. The van der Waals surface area contributed by atoms with Gasteiger partial charge in [0.1, 0.15) is 0 Å². The molecule has 3 heteroatoms. The molecule has 0 saturated carbocycles. The summed E-state index contributed by atoms with van der Waals surface area (Å²) >= 11 is 1.76. The molecule has 1 aromatic heterocycles. The van der Waals surface area contributed by atoms with E-state index in [0.717, 1.165) is 36.4 Å². The van der Waals surface area contributed by atoms with E-state index < -0.39 is 0 Å². The molecule has 116 valence electrons. The molecule has 1 atom stereocenters. The Labute approximate surface area is 136 Å². The number of rotatable bonds is 4. The highest BCUT2D eigenvalue weighted by molar-refractivity contribution is 7.10. The van der Waals surface area contributed by atoms with E-state index in [1.165, 1.54) is 28.8 Å². The Morgan fingerprint density at radius 2 is 2.05 bits per heavy atom. The summed E-state index contributed by atoms with van der Waals surface area (Å²) in [4.78, 5) is 14.0. The first-order chi connectivity index (χ1) is 10.7. The highest BCUT2D eigenvalue weighted by Gasteiger charge is 2.24. The van der Waals surface area contributed by atoms with Crippen molar-refractivity contribution in [3.05, 3.63) is 51.2 Å². The van der Waals surface area contributed by atoms with E-state index in [1.54, 1.807) is 11.3 Å². The lowest BCUT2D eigenvalue weighted by molar-refractivity contribution is 0.102. The molecule has 1 aliphatic carbocycles. The number of benzene rings is 1. The quantitative estimate of drug-likeness (QED) is 0.838. The predicted molar refractivity (Wildman–Crippen MR) is 93.9 cm³/mol. The van der Waals surface area contributed by atoms with Crippen LogP contribution in [0.5, 0.6) is 0 Å². The first kappa shape index (κ1) is 15.3. The molecule has 1 unspecified atom stereocenters. The summed E-state index contributed by atoms with van der Waals surface area (Å²) < 4.78 is 0. The van der Waals surface area contributed by atoms with Crippen molar-refractivity contribution in [3.8, 4) is 0 Å². The molecule has 1 amide bonds. The van der Waals surface area contributed by atoms with Gasteiger partial charge >= 0.3 is 0 Å². The minimum absolute atomic E-state index is 0.0386. The molecule has 1 aliphatic rings. The van der Waals surface area contributed by atoms with Crippen molar-refractivity contribution in [2.24, 2.45) is 5.92 Å². The number of anilines is 1. The standard InChI is InChI=1S/C19H23NOS/c1-3-13-5-8-15(9-6-13)20-19(21)17-12-22-18-11-14(4-2)7-10-16(17)18/h5-6,8-9,12,14H,3-4,7,10-11H2,1-2H3,(H,20,21). The van der Waals surface area contributed by atoms with Crippen molar-refractivity contribution in [1.82, 2.24) is 0 Å². The maximum Gasteiger partial charge on any atom is 0.256 e. The summed E-state index contributed by atoms with van der Waals surface area (Å²) in [5, 5.41) is 5.08. The van der Waals surface area contributed by atoms with Crippen LogP contribution in [0.15, 0.2) is 29.6 Å². The van der Waals surface area contributed by atoms with Crippen molar-refractivity contribution >= 4 is 22.9 Å². The topological polar surface area (TPSA) is 29.1 Å². The van der Waals surface area contributed by atoms with Gasteiger partial charge in [0.2, 0.25) is 0 Å². The van der Waals surface area contributed by atoms with Gasteiger partial charge in [0.05, 0.1) is 5.56 Å². The Bertz CT molecular complexity index is 657. The van der Waals surface area contributed by atoms with E-state index in [9.17, 15) is 4.79 Å². The van der Waals surface area contributed by atoms with E-state index in [1.807, 2.05) is 17.5 Å². The number of carbonyl (C=O) groups excluding carboxylic acids is 1. The minimum atomic E-state index is 0.0386. The van der Waals surface area contributed by atoms with Crippen LogP contribution in [0, 0.1) is 5.92 Å². The van der Waals surface area contributed by atoms with Gasteiger partial charge in [-0.05, 0) is 54.9 Å². The van der Waals surface area contributed by atoms with Crippen molar-refractivity contribution in [2.45, 2.75) is 46.0 Å². The third kappa shape index (κ3) is 3.09. The summed E-state index contributed by atoms with van der Waals surface area (Å²) in [5.41, 5.74) is 4.34. The van der Waals surface area contributed by atoms with Crippen LogP contribution in [0.1, 0.15) is 53.1 Å². The molecular formula is C19H23NOS. The second-order valence-electron chi connectivity index (χ2n) is 6.07. The summed E-state index contributed by atoms with van der Waals surface area (Å²) in [5.74, 6) is 0.834. The van der Waals surface area contributed by atoms with E-state index >= 15 is 0 Å². The van der Waals surface area contributed by atoms with Crippen LogP contribution < -0.4 is 5.32 Å². The Kier molecular flexibility index (Phi) is 4.63. The van der Waals surface area contributed by atoms with Crippen molar-refractivity contribution in [1.29, 1.82) is 0 Å². The summed E-state index contributed by atoms with van der Waals surface area (Å²) in [6.07, 6.45) is 5.67. The maximum absolute atomic E-state index is 12.5. The van der Waals surface area contributed by atoms with Crippen LogP contribution in [0.3, 0.4) is 0 Å². The fraction of sp³-hybridized carbons (Fsp3) is 0.421. The molecule has 2 aromatic rings. The molecule has 0 bridgehead atoms. The number of nitrogens with one attached hydrogen (secondary N) is 1. The fourth-order valence-electron chi connectivity index (χ4n) is 3.14. The second kappa shape index (κ2) is 6.66. The van der Waals surface area contributed by atoms with Crippen LogP contribution in [0.4, 0.5) is 5.69 Å². The van der Waals surface area contributed by atoms with Gasteiger partial charge in [0, 0.05) is 15.9 Å². The van der Waals surface area contributed by atoms with Crippen LogP contribution in [0.2, 0.25) is 0 Å². The highest BCUT2D eigenvalue weighted by Crippen LogP contribution is 2.34. The Morgan fingerprint density at radius 3 is 2.73 bits per heavy atom. The molecule has 1 N–H and O–H groups in total. The van der Waals surface area contributed by atoms with Gasteiger partial charge < -0.3 is 5.32 Å². The minimum Gasteiger partial charge on any atom is -0.322 e. The molecule has 1 aromatic carbocycles. The summed E-state index contributed by atoms with van der Waals surface area (Å²) in [7, 11) is 0. The number of aryl methyl sites for hydroxylation is 1. The first-order valence-electron chi connectivity index (χ1n) is 8.20. The molecule has 0 aliphatic heterocycles. The highest BCUT2D eigenvalue weighted by atomic mass is 32.1. The molecule has 3 rings (SSSR count). The summed E-state index contributed by atoms with van der Waals surface area (Å²) in [6, 6.07) is 8.13. The number of hydrogen-bond acceptors (Lipinski definition) is 2. The van der Waals surface area contributed by atoms with E-state index in [2.05, 4.69) is 31.3 Å². The Balaban J connectivity index is 1.74. The average molecular weight is 313 g/mol. The van der Waals surface area contributed by atoms with E-state index in [-0.39, 0.29) is 5.91 Å². The molecule has 0 spiro atoms. The van der Waals surface area contributed by atoms with Gasteiger partial charge in [-0.25, -0.2) is 0 Å². The molecule has 1 heterocycles. The molecule has 22 heavy (non-hydrogen) atoms. The van der Waals surface area contributed by atoms with Crippen LogP contribution >= 0.6 is 11.3 Å². The zero-order valence-corrected chi connectivity index (χ0v) is 14.1. The van der Waals surface area contributed by atoms with Crippen molar-refractivity contribution in [2.75, 3.05) is 5.32 Å². The van der Waals surface area contributed by atoms with E-state index in [0.29, 0.717) is 0 Å². The van der Waals surface area contributed by atoms with Crippen molar-refractivity contribution in [3.63, 3.8) is 0 Å². The lowest BCUT2D eigenvalue weighted by Gasteiger charge is -2.21. The largest absolute Gasteiger partial charge is 0.322 e. The molecule has 0 fully saturated rings. The number of fused-ring (bicyclic) bond motifs is 1. The fourth-order valence-corrected chi connectivity index (χ4v) is 4.34. The van der Waals surface area contributed by atoms with Gasteiger partial charge in [-0.15, -0.1) is 11.3 Å². The smallest absolute Gasteiger partial charge is 0.256 e. The maximum atomic E-state index is 12.5. The van der Waals surface area contributed by atoms with Gasteiger partial charge in [-0.2, -0.15) is 0 Å². The first-order valence-corrected chi connectivity index (χ1v) is 9.08. The summed E-state index contributed by atoms with van der Waals surface area (Å²) in [6.45, 7) is 4.39. The van der Waals surface area contributed by atoms with Crippen LogP contribution in [0.25, 0.3) is 0 Å². The average Bonchev–Trinajstić information content (AvgIpc) is 2.98. The van der Waals surface area contributed by atoms with Crippen molar-refractivity contribution < 1.29 is 4.79 Å². The number of hydrogen-bond donors (Lipinski definition) is 1. The normalized spacial score (nSPS) is 17.1. The molecule has 0 radical (unpaired) electrons. The Hall–Kier alpha value is -1.61. The van der Waals surface area contributed by atoms with Gasteiger partial charge in [-0.3, -0.25) is 4.79 Å². The zero-order valence-electron chi connectivity index (χ0n) is 13.3. The van der Waals surface area contributed by atoms with E-state index in [4.69, 9.17) is 0 Å². The number of thiophene rings is 1. The molecule has 2 nitrogen and oxygen atoms in total. The van der Waals surface area contributed by atoms with Gasteiger partial charge in [-0.1, -0.05) is 32.4 Å². The zero-order chi connectivity index (χ0) is 15.5. The third-order valence-electron chi connectivity index (χ3n) is 4.70. The van der Waals surface area contributed by atoms with Crippen LogP contribution in [-0.2, 0) is 19.3 Å². The van der Waals surface area contributed by atoms with Crippen LogP contribution in [-0.4, -0.2) is 5.91 Å². The third-order valence-corrected chi connectivity index (χ3v) is 5.75. The predicted octanol–water partition coefficient (Wildman–Crippen LogP) is 5.08. The van der Waals surface area contributed by atoms with Gasteiger partial charge in [0.25, 0.3) is 5.91 Å². The monoisotopic (exact) mass is 313 g/mol. The van der Waals surface area contributed by atoms with Gasteiger partial charge in [0.15, 0.2) is 0 Å². The number of carbonyl (C=O) groups is 1. The second-order valence-corrected chi connectivity index (χ2v) is 7.04. The lowest BCUT2D eigenvalue weighted by Crippen LogP contribution is -2.17. The Morgan fingerprint density at radius 1 is 1.27 bits per heavy atom. The SMILES string of the molecule is CCc1ccc(NC(=O)c2csc3c2CCC(CC)C3)cc1. The molecular weight excluding hydrogens is 290 g/mol. The lowest BCUT2D eigenvalue weighted by atomic mass is 9.86. The molecule has 0 saturated heterocycles.